The van der Waals surface area contributed by atoms with Crippen LogP contribution in [0.1, 0.15) is 17.9 Å². The van der Waals surface area contributed by atoms with E-state index in [1.165, 1.54) is 18.2 Å². The minimum atomic E-state index is -1.07. The molecule has 1 unspecified atom stereocenters. The molecule has 0 bridgehead atoms. The molecule has 0 saturated carbocycles. The molecule has 0 spiro atoms. The first-order chi connectivity index (χ1) is 10.6. The lowest BCUT2D eigenvalue weighted by Gasteiger charge is -2.14. The van der Waals surface area contributed by atoms with E-state index in [1.54, 1.807) is 37.4 Å². The van der Waals surface area contributed by atoms with Gasteiger partial charge < -0.3 is 14.6 Å². The van der Waals surface area contributed by atoms with E-state index in [-0.39, 0.29) is 18.6 Å². The molecule has 2 rings (SSSR count). The van der Waals surface area contributed by atoms with Crippen LogP contribution in [0.25, 0.3) is 0 Å². The summed E-state index contributed by atoms with van der Waals surface area (Å²) in [5.74, 6) is -1.29. The number of hydrogen-bond acceptors (Lipinski definition) is 3. The Kier molecular flexibility index (Phi) is 5.36. The molecule has 2 aromatic carbocycles. The van der Waals surface area contributed by atoms with Crippen molar-refractivity contribution in [3.8, 4) is 11.5 Å². The van der Waals surface area contributed by atoms with Crippen molar-refractivity contribution in [1.29, 1.82) is 0 Å². The largest absolute Gasteiger partial charge is 0.497 e. The number of aliphatic carboxylic acids is 1. The maximum atomic E-state index is 13.7. The van der Waals surface area contributed by atoms with Gasteiger partial charge in [0.1, 0.15) is 17.3 Å². The van der Waals surface area contributed by atoms with Crippen LogP contribution in [0.2, 0.25) is 0 Å². The molecule has 2 aromatic rings. The van der Waals surface area contributed by atoms with Crippen molar-refractivity contribution in [1.82, 2.24) is 0 Å². The fraction of sp³-hybridized carbons (Fsp3) is 0.235. The second-order valence-electron chi connectivity index (χ2n) is 4.73. The lowest BCUT2D eigenvalue weighted by atomic mass is 9.96. The van der Waals surface area contributed by atoms with Gasteiger partial charge >= 0.3 is 5.97 Å². The predicted octanol–water partition coefficient (Wildman–Crippen LogP) is 3.47. The highest BCUT2D eigenvalue weighted by Gasteiger charge is 2.22. The number of ether oxygens (including phenoxy) is 2. The van der Waals surface area contributed by atoms with Crippen LogP contribution in [0.4, 0.5) is 4.39 Å². The van der Waals surface area contributed by atoms with Gasteiger partial charge in [0.15, 0.2) is 0 Å². The summed E-state index contributed by atoms with van der Waals surface area (Å²) in [5.41, 5.74) is 0.171. The van der Waals surface area contributed by atoms with Crippen LogP contribution in [0.5, 0.6) is 11.5 Å². The molecule has 0 radical (unpaired) electrons. The molecule has 22 heavy (non-hydrogen) atoms. The normalized spacial score (nSPS) is 11.7. The van der Waals surface area contributed by atoms with Crippen molar-refractivity contribution in [2.75, 3.05) is 13.7 Å². The quantitative estimate of drug-likeness (QED) is 0.851. The first-order valence-electron chi connectivity index (χ1n) is 6.86. The standard InChI is InChI=1S/C17H17FO4/c1-21-12-5-4-6-13(11-12)22-10-9-15(17(19)20)14-7-2-3-8-16(14)18/h2-8,11,15H,9-10H2,1H3,(H,19,20). The van der Waals surface area contributed by atoms with Crippen molar-refractivity contribution in [2.24, 2.45) is 0 Å². The minimum Gasteiger partial charge on any atom is -0.497 e. The Hall–Kier alpha value is -2.56. The summed E-state index contributed by atoms with van der Waals surface area (Å²) in [5, 5.41) is 9.29. The Balaban J connectivity index is 2.01. The van der Waals surface area contributed by atoms with E-state index in [4.69, 9.17) is 9.47 Å². The summed E-state index contributed by atoms with van der Waals surface area (Å²) >= 11 is 0. The molecular formula is C17H17FO4. The highest BCUT2D eigenvalue weighted by Crippen LogP contribution is 2.24. The van der Waals surface area contributed by atoms with Crippen molar-refractivity contribution < 1.29 is 23.8 Å². The third-order valence-electron chi connectivity index (χ3n) is 3.30. The minimum absolute atomic E-state index is 0.165. The van der Waals surface area contributed by atoms with Crippen molar-refractivity contribution >= 4 is 5.97 Å². The van der Waals surface area contributed by atoms with E-state index >= 15 is 0 Å². The Morgan fingerprint density at radius 2 is 1.91 bits per heavy atom. The van der Waals surface area contributed by atoms with E-state index in [0.717, 1.165) is 0 Å². The first kappa shape index (κ1) is 15.8. The molecule has 0 amide bonds. The zero-order chi connectivity index (χ0) is 15.9. The Labute approximate surface area is 128 Å². The van der Waals surface area contributed by atoms with Crippen molar-refractivity contribution in [3.05, 3.63) is 59.9 Å². The number of carboxylic acid groups (broad SMARTS) is 1. The number of hydrogen-bond donors (Lipinski definition) is 1. The summed E-state index contributed by atoms with van der Waals surface area (Å²) in [6, 6.07) is 12.9. The summed E-state index contributed by atoms with van der Waals surface area (Å²) in [7, 11) is 1.55. The van der Waals surface area contributed by atoms with E-state index in [0.29, 0.717) is 11.5 Å². The molecule has 1 N–H and O–H groups in total. The maximum absolute atomic E-state index is 13.7. The number of carbonyl (C=O) groups is 1. The predicted molar refractivity (Wildman–Crippen MR) is 79.9 cm³/mol. The third-order valence-corrected chi connectivity index (χ3v) is 3.30. The van der Waals surface area contributed by atoms with Crippen LogP contribution in [0.15, 0.2) is 48.5 Å². The van der Waals surface area contributed by atoms with Gasteiger partial charge in [-0.05, 0) is 24.6 Å². The smallest absolute Gasteiger partial charge is 0.311 e. The zero-order valence-electron chi connectivity index (χ0n) is 12.2. The molecule has 116 valence electrons. The van der Waals surface area contributed by atoms with Gasteiger partial charge in [-0.15, -0.1) is 0 Å². The highest BCUT2D eigenvalue weighted by molar-refractivity contribution is 5.76. The molecule has 1 atom stereocenters. The van der Waals surface area contributed by atoms with Gasteiger partial charge in [-0.1, -0.05) is 24.3 Å². The SMILES string of the molecule is COc1cccc(OCCC(C(=O)O)c2ccccc2F)c1. The van der Waals surface area contributed by atoms with Crippen LogP contribution in [-0.2, 0) is 4.79 Å². The van der Waals surface area contributed by atoms with Crippen LogP contribution in [0, 0.1) is 5.82 Å². The van der Waals surface area contributed by atoms with Gasteiger partial charge in [0.2, 0.25) is 0 Å². The molecule has 0 heterocycles. The van der Waals surface area contributed by atoms with Crippen LogP contribution < -0.4 is 9.47 Å². The highest BCUT2D eigenvalue weighted by atomic mass is 19.1. The molecular weight excluding hydrogens is 287 g/mol. The molecule has 0 aromatic heterocycles. The molecule has 0 saturated heterocycles. The van der Waals surface area contributed by atoms with Crippen molar-refractivity contribution in [3.63, 3.8) is 0 Å². The number of benzene rings is 2. The van der Waals surface area contributed by atoms with Gasteiger partial charge in [0.25, 0.3) is 0 Å². The lowest BCUT2D eigenvalue weighted by Crippen LogP contribution is -2.16. The second-order valence-corrected chi connectivity index (χ2v) is 4.73. The summed E-state index contributed by atoms with van der Waals surface area (Å²) < 4.78 is 24.3. The number of rotatable bonds is 7. The van der Waals surface area contributed by atoms with Crippen molar-refractivity contribution in [2.45, 2.75) is 12.3 Å². The first-order valence-corrected chi connectivity index (χ1v) is 6.86. The van der Waals surface area contributed by atoms with Crippen LogP contribution >= 0.6 is 0 Å². The van der Waals surface area contributed by atoms with E-state index < -0.39 is 17.7 Å². The zero-order valence-corrected chi connectivity index (χ0v) is 12.2. The average Bonchev–Trinajstić information content (AvgIpc) is 2.52. The maximum Gasteiger partial charge on any atom is 0.311 e. The van der Waals surface area contributed by atoms with E-state index in [2.05, 4.69) is 0 Å². The van der Waals surface area contributed by atoms with E-state index in [9.17, 15) is 14.3 Å². The van der Waals surface area contributed by atoms with Gasteiger partial charge in [-0.3, -0.25) is 4.79 Å². The summed E-state index contributed by atoms with van der Waals surface area (Å²) in [6.07, 6.45) is 0.174. The lowest BCUT2D eigenvalue weighted by molar-refractivity contribution is -0.139. The van der Waals surface area contributed by atoms with Crippen LogP contribution in [-0.4, -0.2) is 24.8 Å². The molecule has 0 aliphatic rings. The molecule has 4 nitrogen and oxygen atoms in total. The Bertz CT molecular complexity index is 642. The average molecular weight is 304 g/mol. The topological polar surface area (TPSA) is 55.8 Å². The van der Waals surface area contributed by atoms with E-state index in [1.807, 2.05) is 0 Å². The second kappa shape index (κ2) is 7.45. The third kappa shape index (κ3) is 3.97. The Morgan fingerprint density at radius 1 is 1.18 bits per heavy atom. The number of halogens is 1. The Morgan fingerprint density at radius 3 is 2.59 bits per heavy atom. The molecule has 0 aliphatic heterocycles. The van der Waals surface area contributed by atoms with Crippen LogP contribution in [0.3, 0.4) is 0 Å². The molecule has 5 heteroatoms. The van der Waals surface area contributed by atoms with Gasteiger partial charge in [-0.2, -0.15) is 0 Å². The number of carboxylic acids is 1. The summed E-state index contributed by atoms with van der Waals surface area (Å²) in [4.78, 5) is 11.4. The summed E-state index contributed by atoms with van der Waals surface area (Å²) in [6.45, 7) is 0.165. The van der Waals surface area contributed by atoms with Gasteiger partial charge in [0.05, 0.1) is 19.6 Å². The van der Waals surface area contributed by atoms with Gasteiger partial charge in [-0.25, -0.2) is 4.39 Å². The molecule has 0 aliphatic carbocycles. The number of methoxy groups -OCH3 is 1. The fourth-order valence-electron chi connectivity index (χ4n) is 2.16. The van der Waals surface area contributed by atoms with Gasteiger partial charge in [0, 0.05) is 11.6 Å². The fourth-order valence-corrected chi connectivity index (χ4v) is 2.16. The monoisotopic (exact) mass is 304 g/mol. The molecule has 0 fully saturated rings.